The van der Waals surface area contributed by atoms with Gasteiger partial charge in [0.25, 0.3) is 5.91 Å². The highest BCUT2D eigenvalue weighted by atomic mass is 16.3. The molecule has 3 aromatic rings. The molecule has 158 valence electrons. The van der Waals surface area contributed by atoms with Crippen LogP contribution in [0.1, 0.15) is 35.7 Å². The Hall–Kier alpha value is -3.61. The summed E-state index contributed by atoms with van der Waals surface area (Å²) in [6.45, 7) is 3.18. The van der Waals surface area contributed by atoms with Gasteiger partial charge in [-0.1, -0.05) is 13.0 Å². The van der Waals surface area contributed by atoms with E-state index in [-0.39, 0.29) is 29.4 Å². The summed E-state index contributed by atoms with van der Waals surface area (Å²) in [5.74, 6) is 0.891. The van der Waals surface area contributed by atoms with Gasteiger partial charge < -0.3 is 20.3 Å². The van der Waals surface area contributed by atoms with Gasteiger partial charge in [-0.15, -0.1) is 0 Å². The number of rotatable bonds is 4. The number of fused-ring (bicyclic) bond motifs is 1. The number of pyridine rings is 1. The van der Waals surface area contributed by atoms with Crippen molar-refractivity contribution in [3.8, 4) is 5.75 Å². The molecule has 1 aliphatic heterocycles. The lowest BCUT2D eigenvalue weighted by Crippen LogP contribution is -2.38. The van der Waals surface area contributed by atoms with Crippen LogP contribution >= 0.6 is 0 Å². The molecular weight excluding hydrogens is 392 g/mol. The quantitative estimate of drug-likeness (QED) is 0.603. The number of hydrogen-bond acceptors (Lipinski definition) is 4. The van der Waals surface area contributed by atoms with Gasteiger partial charge in [-0.05, 0) is 66.3 Å². The Bertz CT molecular complexity index is 1190. The Morgan fingerprint density at radius 2 is 1.97 bits per heavy atom. The minimum atomic E-state index is -0.0546. The molecule has 1 aliphatic carbocycles. The number of nitrogens with one attached hydrogen (secondary N) is 2. The van der Waals surface area contributed by atoms with Crippen molar-refractivity contribution in [2.45, 2.75) is 19.8 Å². The van der Waals surface area contributed by atoms with Crippen molar-refractivity contribution in [2.75, 3.05) is 18.4 Å². The van der Waals surface area contributed by atoms with Crippen molar-refractivity contribution in [3.05, 3.63) is 59.8 Å². The third kappa shape index (κ3) is 3.79. The van der Waals surface area contributed by atoms with Crippen LogP contribution in [0.15, 0.2) is 48.7 Å². The van der Waals surface area contributed by atoms with E-state index >= 15 is 0 Å². The van der Waals surface area contributed by atoms with Gasteiger partial charge in [-0.3, -0.25) is 9.59 Å². The number of amides is 2. The molecule has 2 aliphatic rings. The van der Waals surface area contributed by atoms with Gasteiger partial charge in [0, 0.05) is 36.2 Å². The van der Waals surface area contributed by atoms with Crippen LogP contribution in [0.3, 0.4) is 0 Å². The molecule has 3 heterocycles. The average molecular weight is 416 g/mol. The largest absolute Gasteiger partial charge is 0.508 e. The normalized spacial score (nSPS) is 18.7. The van der Waals surface area contributed by atoms with Gasteiger partial charge in [0.2, 0.25) is 5.91 Å². The molecule has 1 aromatic carbocycles. The number of aromatic hydroxyl groups is 1. The lowest BCUT2D eigenvalue weighted by atomic mass is 9.89. The highest BCUT2D eigenvalue weighted by Crippen LogP contribution is 2.35. The second-order valence-corrected chi connectivity index (χ2v) is 8.38. The number of carbonyl (C=O) groups is 2. The third-order valence-corrected chi connectivity index (χ3v) is 6.00. The smallest absolute Gasteiger partial charge is 0.254 e. The maximum absolute atomic E-state index is 12.9. The predicted molar refractivity (Wildman–Crippen MR) is 119 cm³/mol. The minimum Gasteiger partial charge on any atom is -0.508 e. The summed E-state index contributed by atoms with van der Waals surface area (Å²) in [7, 11) is 0. The number of H-pyrrole nitrogens is 1. The first kappa shape index (κ1) is 19.4. The molecule has 5 rings (SSSR count). The Labute approximate surface area is 179 Å². The number of benzene rings is 1. The molecule has 2 aromatic heterocycles. The van der Waals surface area contributed by atoms with Crippen LogP contribution in [-0.2, 0) is 4.79 Å². The molecule has 3 N–H and O–H groups in total. The van der Waals surface area contributed by atoms with E-state index in [4.69, 9.17) is 0 Å². The van der Waals surface area contributed by atoms with E-state index in [0.29, 0.717) is 24.5 Å². The second kappa shape index (κ2) is 7.58. The first-order chi connectivity index (χ1) is 15.0. The number of anilines is 1. The summed E-state index contributed by atoms with van der Waals surface area (Å²) >= 11 is 0. The molecule has 31 heavy (non-hydrogen) atoms. The molecule has 0 radical (unpaired) electrons. The van der Waals surface area contributed by atoms with Gasteiger partial charge in [-0.25, -0.2) is 4.98 Å². The fraction of sp³-hybridized carbons (Fsp3) is 0.292. The van der Waals surface area contributed by atoms with Crippen molar-refractivity contribution in [1.29, 1.82) is 0 Å². The molecule has 0 bridgehead atoms. The van der Waals surface area contributed by atoms with Crippen LogP contribution in [0.4, 0.5) is 5.82 Å². The molecule has 2 amide bonds. The van der Waals surface area contributed by atoms with Crippen molar-refractivity contribution in [3.63, 3.8) is 0 Å². The number of aromatic nitrogens is 2. The van der Waals surface area contributed by atoms with E-state index in [0.717, 1.165) is 35.0 Å². The second-order valence-electron chi connectivity index (χ2n) is 8.38. The lowest BCUT2D eigenvalue weighted by molar-refractivity contribution is -0.117. The summed E-state index contributed by atoms with van der Waals surface area (Å²) in [5, 5.41) is 13.4. The molecule has 0 saturated heterocycles. The van der Waals surface area contributed by atoms with E-state index in [1.165, 1.54) is 12.1 Å². The van der Waals surface area contributed by atoms with Crippen LogP contribution < -0.4 is 5.32 Å². The zero-order valence-electron chi connectivity index (χ0n) is 17.3. The van der Waals surface area contributed by atoms with E-state index < -0.39 is 0 Å². The number of phenols is 1. The third-order valence-electron chi connectivity index (χ3n) is 6.00. The molecule has 1 unspecified atom stereocenters. The maximum atomic E-state index is 12.9. The average Bonchev–Trinajstić information content (AvgIpc) is 3.51. The first-order valence-corrected chi connectivity index (χ1v) is 10.6. The number of aromatic amines is 1. The highest BCUT2D eigenvalue weighted by molar-refractivity contribution is 5.98. The Kier molecular flexibility index (Phi) is 4.73. The van der Waals surface area contributed by atoms with Crippen molar-refractivity contribution >= 4 is 34.2 Å². The number of nitrogens with zero attached hydrogens (tertiary/aromatic N) is 2. The summed E-state index contributed by atoms with van der Waals surface area (Å²) < 4.78 is 0. The first-order valence-electron chi connectivity index (χ1n) is 10.6. The zero-order valence-corrected chi connectivity index (χ0v) is 17.3. The van der Waals surface area contributed by atoms with Gasteiger partial charge in [0.05, 0.1) is 0 Å². The molecule has 0 spiro atoms. The molecule has 1 saturated carbocycles. The number of carbonyl (C=O) groups excluding carboxylic acids is 2. The van der Waals surface area contributed by atoms with Crippen molar-refractivity contribution in [2.24, 2.45) is 11.8 Å². The van der Waals surface area contributed by atoms with E-state index in [2.05, 4.69) is 28.3 Å². The SMILES string of the molecule is CC1CN(C(=O)c2ccc(O)cc2)CC=C1c1cc(NC(=O)C2CC2)nc2[nH]ccc12. The van der Waals surface area contributed by atoms with Gasteiger partial charge in [-0.2, -0.15) is 0 Å². The highest BCUT2D eigenvalue weighted by Gasteiger charge is 2.30. The van der Waals surface area contributed by atoms with Crippen molar-refractivity contribution in [1.82, 2.24) is 14.9 Å². The van der Waals surface area contributed by atoms with Gasteiger partial charge in [0.15, 0.2) is 0 Å². The lowest BCUT2D eigenvalue weighted by Gasteiger charge is -2.32. The van der Waals surface area contributed by atoms with Gasteiger partial charge in [0.1, 0.15) is 17.2 Å². The fourth-order valence-corrected chi connectivity index (χ4v) is 4.16. The van der Waals surface area contributed by atoms with Gasteiger partial charge >= 0.3 is 0 Å². The Morgan fingerprint density at radius 3 is 2.68 bits per heavy atom. The van der Waals surface area contributed by atoms with E-state index in [1.807, 2.05) is 23.2 Å². The Balaban J connectivity index is 1.43. The summed E-state index contributed by atoms with van der Waals surface area (Å²) in [5.41, 5.74) is 3.47. The van der Waals surface area contributed by atoms with E-state index in [1.54, 1.807) is 12.1 Å². The zero-order chi connectivity index (χ0) is 21.5. The fourth-order valence-electron chi connectivity index (χ4n) is 4.16. The topological polar surface area (TPSA) is 98.3 Å². The standard InChI is InChI=1S/C24H24N4O3/c1-14-13-28(24(31)16-4-6-17(29)7-5-16)11-9-18(14)20-12-21(27-23(30)15-2-3-15)26-22-19(20)8-10-25-22/h4-10,12,14-15,29H,2-3,11,13H2,1H3,(H2,25,26,27,30). The number of phenolic OH excluding ortho intramolecular Hbond substituents is 1. The number of hydrogen-bond donors (Lipinski definition) is 3. The van der Waals surface area contributed by atoms with Crippen LogP contribution in [0.5, 0.6) is 5.75 Å². The summed E-state index contributed by atoms with van der Waals surface area (Å²) in [4.78, 5) is 34.6. The molecule has 1 fully saturated rings. The molecule has 7 heteroatoms. The summed E-state index contributed by atoms with van der Waals surface area (Å²) in [6, 6.07) is 10.3. The monoisotopic (exact) mass is 416 g/mol. The molecule has 1 atom stereocenters. The van der Waals surface area contributed by atoms with Crippen LogP contribution in [-0.4, -0.2) is 44.9 Å². The van der Waals surface area contributed by atoms with Crippen molar-refractivity contribution < 1.29 is 14.7 Å². The Morgan fingerprint density at radius 1 is 1.19 bits per heavy atom. The van der Waals surface area contributed by atoms with Crippen LogP contribution in [0.25, 0.3) is 16.6 Å². The summed E-state index contributed by atoms with van der Waals surface area (Å²) in [6.07, 6.45) is 5.82. The minimum absolute atomic E-state index is 0.0284. The molecule has 7 nitrogen and oxygen atoms in total. The molecular formula is C24H24N4O3. The van der Waals surface area contributed by atoms with Crippen LogP contribution in [0.2, 0.25) is 0 Å². The predicted octanol–water partition coefficient (Wildman–Crippen LogP) is 3.79. The maximum Gasteiger partial charge on any atom is 0.254 e. The van der Waals surface area contributed by atoms with Crippen LogP contribution in [0, 0.1) is 11.8 Å². The van der Waals surface area contributed by atoms with E-state index in [9.17, 15) is 14.7 Å².